The molecule has 0 aromatic heterocycles. The molecule has 0 bridgehead atoms. The van der Waals surface area contributed by atoms with Crippen molar-refractivity contribution in [2.45, 2.75) is 42.0 Å². The number of rotatable bonds is 7. The topological polar surface area (TPSA) is 82.0 Å². The highest BCUT2D eigenvalue weighted by atomic mass is 32.2. The molecule has 1 saturated heterocycles. The van der Waals surface area contributed by atoms with Crippen molar-refractivity contribution in [1.29, 1.82) is 0 Å². The van der Waals surface area contributed by atoms with Crippen LogP contribution >= 0.6 is 11.8 Å². The second-order valence-corrected chi connectivity index (χ2v) is 10.7. The van der Waals surface area contributed by atoms with Gasteiger partial charge in [-0.3, -0.25) is 4.79 Å². The molecular weight excluding hydrogens is 506 g/mol. The van der Waals surface area contributed by atoms with Gasteiger partial charge in [-0.05, 0) is 56.7 Å². The molecule has 196 valence electrons. The van der Waals surface area contributed by atoms with Gasteiger partial charge >= 0.3 is 13.3 Å². The van der Waals surface area contributed by atoms with Crippen LogP contribution in [0.4, 0.5) is 27.6 Å². The van der Waals surface area contributed by atoms with E-state index >= 15 is 0 Å². The van der Waals surface area contributed by atoms with Crippen LogP contribution in [0, 0.1) is 11.6 Å². The maximum atomic E-state index is 14.4. The van der Waals surface area contributed by atoms with Crippen molar-refractivity contribution in [3.63, 3.8) is 0 Å². The van der Waals surface area contributed by atoms with Gasteiger partial charge in [-0.1, -0.05) is 12.1 Å². The Morgan fingerprint density at radius 1 is 1.25 bits per heavy atom. The first-order valence-corrected chi connectivity index (χ1v) is 11.8. The number of nitrogens with zero attached hydrogens (tertiary/aromatic N) is 1. The highest BCUT2D eigenvalue weighted by Gasteiger charge is 2.60. The Kier molecular flexibility index (Phi) is 8.28. The molecule has 0 radical (unpaired) electrons. The van der Waals surface area contributed by atoms with Crippen LogP contribution in [0.15, 0.2) is 30.3 Å². The lowest BCUT2D eigenvalue weighted by Gasteiger charge is -2.26. The zero-order valence-electron chi connectivity index (χ0n) is 20.0. The first kappa shape index (κ1) is 28.2. The maximum absolute atomic E-state index is 14.4. The molecule has 1 aliphatic heterocycles. The molecular formula is C23H26BF5N2O4S. The van der Waals surface area contributed by atoms with E-state index in [1.807, 2.05) is 0 Å². The summed E-state index contributed by atoms with van der Waals surface area (Å²) in [6, 6.07) is 6.31. The average Bonchev–Trinajstić information content (AvgIpc) is 3.15. The Morgan fingerprint density at radius 3 is 2.47 bits per heavy atom. The number of halogens is 5. The van der Waals surface area contributed by atoms with Crippen LogP contribution in [-0.4, -0.2) is 65.4 Å². The van der Waals surface area contributed by atoms with Crippen LogP contribution in [0.3, 0.4) is 0 Å². The zero-order valence-corrected chi connectivity index (χ0v) is 20.8. The van der Waals surface area contributed by atoms with Gasteiger partial charge < -0.3 is 25.0 Å². The van der Waals surface area contributed by atoms with Crippen molar-refractivity contribution >= 4 is 35.9 Å². The van der Waals surface area contributed by atoms with E-state index in [9.17, 15) is 36.8 Å². The lowest BCUT2D eigenvalue weighted by atomic mass is 9.76. The van der Waals surface area contributed by atoms with E-state index in [1.54, 1.807) is 25.1 Å². The third-order valence-electron chi connectivity index (χ3n) is 6.08. The summed E-state index contributed by atoms with van der Waals surface area (Å²) in [7, 11) is 2.79. The molecule has 1 fully saturated rings. The number of alkyl halides is 3. The molecule has 13 heteroatoms. The van der Waals surface area contributed by atoms with Gasteiger partial charge in [0.15, 0.2) is 11.6 Å². The number of hydrogen-bond donors (Lipinski definition) is 3. The summed E-state index contributed by atoms with van der Waals surface area (Å²) >= 11 is 0.387. The Morgan fingerprint density at radius 2 is 1.92 bits per heavy atom. The predicted octanol–water partition coefficient (Wildman–Crippen LogP) is 3.26. The van der Waals surface area contributed by atoms with E-state index in [-0.39, 0.29) is 16.7 Å². The Bertz CT molecular complexity index is 1130. The van der Waals surface area contributed by atoms with Crippen LogP contribution < -0.4 is 15.5 Å². The summed E-state index contributed by atoms with van der Waals surface area (Å²) in [4.78, 5) is 15.1. The van der Waals surface area contributed by atoms with Gasteiger partial charge in [0, 0.05) is 23.7 Å². The molecule has 0 aliphatic carbocycles. The molecule has 3 atom stereocenters. The molecule has 6 nitrogen and oxygen atoms in total. The van der Waals surface area contributed by atoms with Crippen molar-refractivity contribution in [3.05, 3.63) is 53.1 Å². The first-order chi connectivity index (χ1) is 16.7. The number of amides is 1. The van der Waals surface area contributed by atoms with Crippen molar-refractivity contribution in [2.24, 2.45) is 0 Å². The monoisotopic (exact) mass is 532 g/mol. The summed E-state index contributed by atoms with van der Waals surface area (Å²) in [5, 5.41) is 20.7. The van der Waals surface area contributed by atoms with Crippen LogP contribution in [0.1, 0.15) is 30.4 Å². The number of hydrogen-bond acceptors (Lipinski definition) is 6. The Balaban J connectivity index is 1.99. The molecule has 2 aromatic rings. The van der Waals surface area contributed by atoms with Gasteiger partial charge in [0.1, 0.15) is 4.75 Å². The summed E-state index contributed by atoms with van der Waals surface area (Å²) in [6.07, 6.45) is -5.25. The van der Waals surface area contributed by atoms with Crippen LogP contribution in [0.25, 0.3) is 0 Å². The molecule has 2 aromatic carbocycles. The summed E-state index contributed by atoms with van der Waals surface area (Å²) < 4.78 is 72.6. The quantitative estimate of drug-likeness (QED) is 0.376. The van der Waals surface area contributed by atoms with Crippen molar-refractivity contribution in [1.82, 2.24) is 4.90 Å². The third-order valence-corrected chi connectivity index (χ3v) is 7.80. The van der Waals surface area contributed by atoms with E-state index in [1.165, 1.54) is 12.1 Å². The van der Waals surface area contributed by atoms with E-state index in [4.69, 9.17) is 4.74 Å². The fourth-order valence-corrected chi connectivity index (χ4v) is 5.83. The minimum Gasteiger partial charge on any atom is -0.493 e. The lowest BCUT2D eigenvalue weighted by molar-refractivity contribution is -0.155. The molecule has 1 heterocycles. The van der Waals surface area contributed by atoms with E-state index in [2.05, 4.69) is 5.32 Å². The molecule has 0 unspecified atom stereocenters. The van der Waals surface area contributed by atoms with Gasteiger partial charge in [0.2, 0.25) is 11.7 Å². The van der Waals surface area contributed by atoms with Crippen molar-refractivity contribution in [2.75, 3.05) is 26.5 Å². The molecule has 3 N–H and O–H groups in total. The highest BCUT2D eigenvalue weighted by Crippen LogP contribution is 2.59. The van der Waals surface area contributed by atoms with Crippen molar-refractivity contribution in [3.8, 4) is 5.75 Å². The van der Waals surface area contributed by atoms with Crippen LogP contribution in [-0.2, 0) is 11.3 Å². The summed E-state index contributed by atoms with van der Waals surface area (Å²) in [6.45, 7) is 1.34. The maximum Gasteiger partial charge on any atom is 0.488 e. The number of ether oxygens (including phenoxy) is 1. The molecule has 1 aliphatic rings. The minimum atomic E-state index is -4.68. The number of methoxy groups -OCH3 is 1. The second-order valence-electron chi connectivity index (χ2n) is 9.08. The van der Waals surface area contributed by atoms with Gasteiger partial charge in [0.25, 0.3) is 0 Å². The van der Waals surface area contributed by atoms with Gasteiger partial charge in [-0.2, -0.15) is 17.6 Å². The average molecular weight is 532 g/mol. The lowest BCUT2D eigenvalue weighted by Crippen LogP contribution is -2.37. The van der Waals surface area contributed by atoms with Gasteiger partial charge in [-0.25, -0.2) is 4.39 Å². The number of benzene rings is 2. The standard InChI is InChI=1S/C23H26BF5N2O4S/c1-22(23(27,28)29)10-15(14-7-8-17(25)18(26)19(14)35-4)20(36-22)21(32)30-13-6-5-12(11-31(2)3)16(9-13)24(33)34/h5-9,15,20,33-34H,10-11H2,1-4H3,(H,30,32)/t15-,20+,22+/m0/s1. The minimum absolute atomic E-state index is 0.0511. The third kappa shape index (κ3) is 5.64. The predicted molar refractivity (Wildman–Crippen MR) is 128 cm³/mol. The summed E-state index contributed by atoms with van der Waals surface area (Å²) in [5.74, 6) is -5.08. The molecule has 0 spiro atoms. The zero-order chi connectivity index (χ0) is 27.0. The smallest absolute Gasteiger partial charge is 0.488 e. The van der Waals surface area contributed by atoms with Crippen molar-refractivity contribution < 1.29 is 41.5 Å². The van der Waals surface area contributed by atoms with E-state index in [0.29, 0.717) is 23.9 Å². The number of carbonyl (C=O) groups excluding carboxylic acids is 1. The largest absolute Gasteiger partial charge is 0.493 e. The number of nitrogens with one attached hydrogen (secondary N) is 1. The van der Waals surface area contributed by atoms with Gasteiger partial charge in [0.05, 0.1) is 12.4 Å². The number of anilines is 1. The van der Waals surface area contributed by atoms with Gasteiger partial charge in [-0.15, -0.1) is 11.8 Å². The number of carbonyl (C=O) groups is 1. The molecule has 3 rings (SSSR count). The van der Waals surface area contributed by atoms with E-state index < -0.39 is 58.9 Å². The Labute approximate surface area is 210 Å². The molecule has 0 saturated carbocycles. The molecule has 1 amide bonds. The first-order valence-electron chi connectivity index (χ1n) is 10.9. The molecule has 36 heavy (non-hydrogen) atoms. The van der Waals surface area contributed by atoms with Crippen LogP contribution in [0.5, 0.6) is 5.75 Å². The second kappa shape index (κ2) is 10.6. The Hall–Kier alpha value is -2.35. The SMILES string of the molecule is COc1c([C@@H]2C[C@](C)(C(F)(F)F)S[C@H]2C(=O)Nc2ccc(CN(C)C)c(B(O)O)c2)ccc(F)c1F. The number of thioether (sulfide) groups is 1. The van der Waals surface area contributed by atoms with Crippen LogP contribution in [0.2, 0.25) is 0 Å². The fourth-order valence-electron chi connectivity index (χ4n) is 4.29. The summed E-state index contributed by atoms with van der Waals surface area (Å²) in [5.41, 5.74) is 0.796. The fraction of sp³-hybridized carbons (Fsp3) is 0.435. The highest BCUT2D eigenvalue weighted by molar-refractivity contribution is 8.02. The van der Waals surface area contributed by atoms with E-state index in [0.717, 1.165) is 26.2 Å². The normalized spacial score (nSPS) is 22.1.